The van der Waals surface area contributed by atoms with Crippen molar-refractivity contribution in [2.45, 2.75) is 38.0 Å². The fourth-order valence-corrected chi connectivity index (χ4v) is 5.39. The molecule has 0 bridgehead atoms. The number of nitrogens with two attached hydrogens (primary N) is 1. The zero-order chi connectivity index (χ0) is 25.4. The molecule has 1 aliphatic rings. The van der Waals surface area contributed by atoms with E-state index in [1.807, 2.05) is 0 Å². The van der Waals surface area contributed by atoms with Crippen LogP contribution >= 0.6 is 0 Å². The van der Waals surface area contributed by atoms with Crippen molar-refractivity contribution < 1.29 is 17.5 Å². The smallest absolute Gasteiger partial charge is 0.233 e. The molecule has 0 unspecified atom stereocenters. The molecule has 0 aliphatic carbocycles. The molecule has 3 aromatic rings. The van der Waals surface area contributed by atoms with E-state index < -0.39 is 25.9 Å². The number of anilines is 2. The second-order valence-electron chi connectivity index (χ2n) is 8.81. The van der Waals surface area contributed by atoms with Crippen molar-refractivity contribution >= 4 is 38.2 Å². The Balaban J connectivity index is 1.70. The van der Waals surface area contributed by atoms with Gasteiger partial charge in [-0.15, -0.1) is 5.92 Å². The summed E-state index contributed by atoms with van der Waals surface area (Å²) in [6.07, 6.45) is 3.03. The third kappa shape index (κ3) is 4.49. The molecule has 182 valence electrons. The van der Waals surface area contributed by atoms with Crippen molar-refractivity contribution in [3.8, 4) is 17.7 Å². The molecule has 1 atom stereocenters. The number of sulfone groups is 1. The Kier molecular flexibility index (Phi) is 6.11. The van der Waals surface area contributed by atoms with Crippen LogP contribution in [0.25, 0.3) is 11.0 Å². The van der Waals surface area contributed by atoms with E-state index in [4.69, 9.17) is 10.5 Å². The first kappa shape index (κ1) is 24.3. The van der Waals surface area contributed by atoms with Crippen LogP contribution in [0.1, 0.15) is 33.3 Å². The Morgan fingerprint density at radius 1 is 1.23 bits per heavy atom. The molecular weight excluding hydrogens is 471 g/mol. The minimum Gasteiger partial charge on any atom is -0.463 e. The van der Waals surface area contributed by atoms with Crippen LogP contribution in [0.15, 0.2) is 41.7 Å². The molecule has 11 heteroatoms. The number of benzene rings is 1. The average Bonchev–Trinajstić information content (AvgIpc) is 2.79. The van der Waals surface area contributed by atoms with Crippen molar-refractivity contribution in [3.63, 3.8) is 0 Å². The highest BCUT2D eigenvalue weighted by Gasteiger charge is 2.49. The lowest BCUT2D eigenvalue weighted by molar-refractivity contribution is 0.355. The van der Waals surface area contributed by atoms with Crippen LogP contribution in [0.4, 0.5) is 15.9 Å². The number of hydrogen-bond donors (Lipinski definition) is 2. The molecule has 2 aromatic heterocycles. The maximum atomic E-state index is 14.9. The number of nitrogens with zero attached hydrogens (tertiary/aromatic N) is 4. The van der Waals surface area contributed by atoms with Crippen LogP contribution in [0.2, 0.25) is 0 Å². The van der Waals surface area contributed by atoms with Crippen LogP contribution in [-0.4, -0.2) is 46.3 Å². The maximum Gasteiger partial charge on any atom is 0.233 e. The van der Waals surface area contributed by atoms with Crippen LogP contribution < -0.4 is 15.8 Å². The van der Waals surface area contributed by atoms with Crippen LogP contribution in [-0.2, 0) is 15.4 Å². The largest absolute Gasteiger partial charge is 0.463 e. The van der Waals surface area contributed by atoms with Crippen molar-refractivity contribution in [2.24, 2.45) is 10.7 Å². The fraction of sp³-hybridized carbons (Fsp3) is 0.333. The SMILES string of the molecule is CC#CCOc1cnc2c(Nc3ccc(F)c([C@]4(C)CS(=O)(=O)C(C)(C)C(N)=N4)c3)nccc2n1. The summed E-state index contributed by atoms with van der Waals surface area (Å²) in [6, 6.07) is 5.97. The van der Waals surface area contributed by atoms with E-state index >= 15 is 0 Å². The van der Waals surface area contributed by atoms with Gasteiger partial charge in [-0.2, -0.15) is 0 Å². The van der Waals surface area contributed by atoms with E-state index in [9.17, 15) is 12.8 Å². The first-order valence-electron chi connectivity index (χ1n) is 10.8. The summed E-state index contributed by atoms with van der Waals surface area (Å²) in [7, 11) is -3.69. The van der Waals surface area contributed by atoms with Crippen LogP contribution in [0.5, 0.6) is 5.88 Å². The van der Waals surface area contributed by atoms with E-state index in [0.717, 1.165) is 0 Å². The van der Waals surface area contributed by atoms with Crippen molar-refractivity contribution in [1.82, 2.24) is 15.0 Å². The number of aliphatic imine (C=N–C) groups is 1. The first-order valence-corrected chi connectivity index (χ1v) is 12.4. The van der Waals surface area contributed by atoms with Gasteiger partial charge in [0.2, 0.25) is 5.88 Å². The summed E-state index contributed by atoms with van der Waals surface area (Å²) < 4.78 is 44.9. The Labute approximate surface area is 203 Å². The molecule has 0 saturated heterocycles. The molecule has 1 aromatic carbocycles. The Morgan fingerprint density at radius 2 is 2.00 bits per heavy atom. The van der Waals surface area contributed by atoms with Gasteiger partial charge in [-0.05, 0) is 52.0 Å². The fourth-order valence-electron chi connectivity index (χ4n) is 3.70. The summed E-state index contributed by atoms with van der Waals surface area (Å²) in [6.45, 7) is 6.46. The second-order valence-corrected chi connectivity index (χ2v) is 11.3. The number of pyridine rings is 1. The average molecular weight is 497 g/mol. The molecule has 3 N–H and O–H groups in total. The van der Waals surface area contributed by atoms with Gasteiger partial charge in [0.25, 0.3) is 0 Å². The summed E-state index contributed by atoms with van der Waals surface area (Å²) >= 11 is 0. The monoisotopic (exact) mass is 496 g/mol. The third-order valence-corrected chi connectivity index (χ3v) is 8.65. The molecule has 35 heavy (non-hydrogen) atoms. The van der Waals surface area contributed by atoms with Crippen LogP contribution in [0, 0.1) is 17.7 Å². The van der Waals surface area contributed by atoms with E-state index in [-0.39, 0.29) is 23.8 Å². The normalized spacial score (nSPS) is 20.4. The lowest BCUT2D eigenvalue weighted by atomic mass is 9.92. The summed E-state index contributed by atoms with van der Waals surface area (Å²) in [4.78, 5) is 17.6. The van der Waals surface area contributed by atoms with Crippen LogP contribution in [0.3, 0.4) is 0 Å². The number of hydrogen-bond acceptors (Lipinski definition) is 9. The van der Waals surface area contributed by atoms with E-state index in [0.29, 0.717) is 28.4 Å². The standard InChI is InChI=1S/C24H25FN6O3S/c1-5-6-11-34-19-13-28-20-18(30-19)9-10-27-21(20)29-15-7-8-17(25)16(12-15)24(4)14-35(32,33)23(2,3)22(26)31-24/h7-10,12-13H,11,14H2,1-4H3,(H2,26,31)(H,27,29)/t24-/m0/s1. The third-order valence-electron chi connectivity index (χ3n) is 5.95. The number of fused-ring (bicyclic) bond motifs is 1. The number of nitrogens with one attached hydrogen (secondary N) is 1. The Bertz CT molecular complexity index is 1510. The molecular formula is C24H25FN6O3S. The highest BCUT2D eigenvalue weighted by atomic mass is 32.2. The molecule has 0 spiro atoms. The quantitative estimate of drug-likeness (QED) is 0.515. The van der Waals surface area contributed by atoms with Gasteiger partial charge in [0.15, 0.2) is 22.3 Å². The zero-order valence-corrected chi connectivity index (χ0v) is 20.6. The van der Waals surface area contributed by atoms with Gasteiger partial charge in [-0.25, -0.2) is 27.8 Å². The molecule has 3 heterocycles. The minimum atomic E-state index is -3.69. The molecule has 0 fully saturated rings. The van der Waals surface area contributed by atoms with Gasteiger partial charge in [-0.1, -0.05) is 5.92 Å². The minimum absolute atomic E-state index is 0.0575. The van der Waals surface area contributed by atoms with E-state index in [2.05, 4.69) is 37.1 Å². The molecule has 4 rings (SSSR count). The van der Waals surface area contributed by atoms with Crippen molar-refractivity contribution in [2.75, 3.05) is 17.7 Å². The zero-order valence-electron chi connectivity index (χ0n) is 19.8. The molecule has 0 saturated carbocycles. The van der Waals surface area contributed by atoms with Gasteiger partial charge < -0.3 is 15.8 Å². The number of ether oxygens (including phenoxy) is 1. The van der Waals surface area contributed by atoms with Gasteiger partial charge >= 0.3 is 0 Å². The van der Waals surface area contributed by atoms with Crippen molar-refractivity contribution in [1.29, 1.82) is 0 Å². The number of halogens is 1. The maximum absolute atomic E-state index is 14.9. The summed E-state index contributed by atoms with van der Waals surface area (Å²) in [5, 5.41) is 3.12. The van der Waals surface area contributed by atoms with Gasteiger partial charge in [0, 0.05) is 17.4 Å². The Morgan fingerprint density at radius 3 is 2.71 bits per heavy atom. The predicted octanol–water partition coefficient (Wildman–Crippen LogP) is 3.09. The molecule has 9 nitrogen and oxygen atoms in total. The summed E-state index contributed by atoms with van der Waals surface area (Å²) in [5.41, 5.74) is 6.21. The summed E-state index contributed by atoms with van der Waals surface area (Å²) in [5.74, 6) is 5.22. The van der Waals surface area contributed by atoms with Gasteiger partial charge in [-0.3, -0.25) is 4.99 Å². The highest BCUT2D eigenvalue weighted by Crippen LogP contribution is 2.39. The number of rotatable bonds is 5. The van der Waals surface area contributed by atoms with E-state index in [1.54, 1.807) is 26.1 Å². The van der Waals surface area contributed by atoms with Gasteiger partial charge in [0.05, 0.1) is 17.5 Å². The molecule has 0 amide bonds. The molecule has 1 aliphatic heterocycles. The Hall–Kier alpha value is -3.78. The number of aromatic nitrogens is 3. The lowest BCUT2D eigenvalue weighted by Gasteiger charge is -2.38. The highest BCUT2D eigenvalue weighted by molar-refractivity contribution is 7.93. The number of amidine groups is 1. The van der Waals surface area contributed by atoms with Crippen molar-refractivity contribution in [3.05, 3.63) is 48.0 Å². The predicted molar refractivity (Wildman–Crippen MR) is 133 cm³/mol. The molecule has 0 radical (unpaired) electrons. The topological polar surface area (TPSA) is 132 Å². The lowest BCUT2D eigenvalue weighted by Crippen LogP contribution is -2.54. The second kappa shape index (κ2) is 8.78. The first-order chi connectivity index (χ1) is 16.5. The van der Waals surface area contributed by atoms with E-state index in [1.165, 1.54) is 38.2 Å². The van der Waals surface area contributed by atoms with Gasteiger partial charge in [0.1, 0.15) is 27.5 Å².